The van der Waals surface area contributed by atoms with Crippen molar-refractivity contribution in [2.45, 2.75) is 30.8 Å². The Balaban J connectivity index is 1.83. The van der Waals surface area contributed by atoms with Crippen LogP contribution in [-0.2, 0) is 17.6 Å². The highest BCUT2D eigenvalue weighted by atomic mass is 32.2. The Morgan fingerprint density at radius 2 is 2.00 bits per heavy atom. The Labute approximate surface area is 180 Å². The number of nitrogens with zero attached hydrogens (tertiary/aromatic N) is 2. The second kappa shape index (κ2) is 8.49. The van der Waals surface area contributed by atoms with Crippen LogP contribution in [0.3, 0.4) is 0 Å². The molecule has 156 valence electrons. The number of ether oxygens (including phenoxy) is 1. The van der Waals surface area contributed by atoms with E-state index in [1.54, 1.807) is 42.7 Å². The molecule has 0 aliphatic heterocycles. The van der Waals surface area contributed by atoms with Crippen molar-refractivity contribution in [3.8, 4) is 11.4 Å². The molecule has 4 rings (SSSR count). The van der Waals surface area contributed by atoms with Crippen LogP contribution in [0.2, 0.25) is 0 Å². The Morgan fingerprint density at radius 3 is 2.70 bits per heavy atom. The SMILES string of the molecule is COc1ccc(-n2c(SCC(=O)NC(N)=O)nc3sc4c(c3c2=O)CCCC4)cc1. The number of urea groups is 1. The highest BCUT2D eigenvalue weighted by Crippen LogP contribution is 2.35. The van der Waals surface area contributed by atoms with E-state index in [0.717, 1.165) is 43.0 Å². The van der Waals surface area contributed by atoms with Gasteiger partial charge in [0.15, 0.2) is 5.16 Å². The number of rotatable bonds is 5. The third-order valence-corrected chi connectivity index (χ3v) is 7.01. The Hall–Kier alpha value is -2.85. The Morgan fingerprint density at radius 1 is 1.27 bits per heavy atom. The summed E-state index contributed by atoms with van der Waals surface area (Å²) in [7, 11) is 1.57. The van der Waals surface area contributed by atoms with Crippen molar-refractivity contribution in [1.82, 2.24) is 14.9 Å². The smallest absolute Gasteiger partial charge is 0.318 e. The number of hydrogen-bond acceptors (Lipinski definition) is 7. The molecule has 10 heteroatoms. The number of primary amides is 1. The lowest BCUT2D eigenvalue weighted by Gasteiger charge is -2.14. The molecule has 3 amide bonds. The Bertz CT molecular complexity index is 1180. The molecule has 0 fully saturated rings. The molecule has 0 radical (unpaired) electrons. The van der Waals surface area contributed by atoms with Crippen molar-refractivity contribution in [3.05, 3.63) is 45.1 Å². The minimum absolute atomic E-state index is 0.0951. The molecule has 2 heterocycles. The highest BCUT2D eigenvalue weighted by Gasteiger charge is 2.23. The number of hydrogen-bond donors (Lipinski definition) is 2. The normalized spacial score (nSPS) is 13.1. The summed E-state index contributed by atoms with van der Waals surface area (Å²) in [5, 5.41) is 3.08. The maximum absolute atomic E-state index is 13.6. The number of aryl methyl sites for hydroxylation is 2. The fraction of sp³-hybridized carbons (Fsp3) is 0.300. The molecule has 1 aromatic carbocycles. The van der Waals surface area contributed by atoms with Gasteiger partial charge < -0.3 is 10.5 Å². The van der Waals surface area contributed by atoms with Crippen LogP contribution in [-0.4, -0.2) is 34.4 Å². The number of carbonyl (C=O) groups excluding carboxylic acids is 2. The number of nitrogens with one attached hydrogen (secondary N) is 1. The van der Waals surface area contributed by atoms with E-state index in [4.69, 9.17) is 15.5 Å². The van der Waals surface area contributed by atoms with Gasteiger partial charge in [-0.2, -0.15) is 0 Å². The number of thioether (sulfide) groups is 1. The zero-order valence-electron chi connectivity index (χ0n) is 16.3. The van der Waals surface area contributed by atoms with Crippen LogP contribution in [0.25, 0.3) is 15.9 Å². The molecular weight excluding hydrogens is 424 g/mol. The van der Waals surface area contributed by atoms with Crippen LogP contribution in [0.1, 0.15) is 23.3 Å². The second-order valence-electron chi connectivity index (χ2n) is 6.83. The molecule has 0 bridgehead atoms. The fourth-order valence-electron chi connectivity index (χ4n) is 3.55. The summed E-state index contributed by atoms with van der Waals surface area (Å²) in [6.07, 6.45) is 4.01. The maximum atomic E-state index is 13.6. The predicted molar refractivity (Wildman–Crippen MR) is 117 cm³/mol. The number of benzene rings is 1. The molecule has 3 N–H and O–H groups in total. The average Bonchev–Trinajstić information content (AvgIpc) is 3.10. The Kier molecular flexibility index (Phi) is 5.78. The van der Waals surface area contributed by atoms with Gasteiger partial charge in [-0.15, -0.1) is 11.3 Å². The van der Waals surface area contributed by atoms with Gasteiger partial charge in [-0.05, 0) is 55.5 Å². The summed E-state index contributed by atoms with van der Waals surface area (Å²) in [5.74, 6) is 0.0275. The third kappa shape index (κ3) is 3.92. The molecule has 8 nitrogen and oxygen atoms in total. The maximum Gasteiger partial charge on any atom is 0.318 e. The first-order chi connectivity index (χ1) is 14.5. The van der Waals surface area contributed by atoms with Gasteiger partial charge in [0.05, 0.1) is 23.9 Å². The van der Waals surface area contributed by atoms with E-state index in [1.165, 1.54) is 9.44 Å². The molecule has 3 aromatic rings. The quantitative estimate of drug-likeness (QED) is 0.462. The monoisotopic (exact) mass is 444 g/mol. The van der Waals surface area contributed by atoms with Crippen LogP contribution < -0.4 is 21.3 Å². The van der Waals surface area contributed by atoms with E-state index in [2.05, 4.69) is 0 Å². The molecule has 0 spiro atoms. The number of thiophene rings is 1. The number of carbonyl (C=O) groups is 2. The number of nitrogens with two attached hydrogens (primary N) is 1. The van der Waals surface area contributed by atoms with E-state index in [1.807, 2.05) is 5.32 Å². The lowest BCUT2D eigenvalue weighted by molar-refractivity contribution is -0.117. The minimum atomic E-state index is -0.914. The number of aromatic nitrogens is 2. The van der Waals surface area contributed by atoms with Crippen LogP contribution in [0.5, 0.6) is 5.75 Å². The molecule has 2 aromatic heterocycles. The topological polar surface area (TPSA) is 116 Å². The number of imide groups is 1. The van der Waals surface area contributed by atoms with Gasteiger partial charge in [0.2, 0.25) is 5.91 Å². The average molecular weight is 445 g/mol. The van der Waals surface area contributed by atoms with Crippen LogP contribution in [0, 0.1) is 0 Å². The van der Waals surface area contributed by atoms with Gasteiger partial charge in [0, 0.05) is 4.88 Å². The van der Waals surface area contributed by atoms with E-state index in [-0.39, 0.29) is 11.3 Å². The van der Waals surface area contributed by atoms with Gasteiger partial charge in [0.25, 0.3) is 5.56 Å². The lowest BCUT2D eigenvalue weighted by Crippen LogP contribution is -2.36. The zero-order valence-corrected chi connectivity index (χ0v) is 17.9. The fourth-order valence-corrected chi connectivity index (χ4v) is 5.66. The predicted octanol–water partition coefficient (Wildman–Crippen LogP) is 2.62. The second-order valence-corrected chi connectivity index (χ2v) is 8.85. The lowest BCUT2D eigenvalue weighted by atomic mass is 9.97. The van der Waals surface area contributed by atoms with Crippen LogP contribution >= 0.6 is 23.1 Å². The first-order valence-corrected chi connectivity index (χ1v) is 11.2. The molecule has 0 atom stereocenters. The van der Waals surface area contributed by atoms with Crippen molar-refractivity contribution in [2.75, 3.05) is 12.9 Å². The molecular formula is C20H20N4O4S2. The highest BCUT2D eigenvalue weighted by molar-refractivity contribution is 7.99. The van der Waals surface area contributed by atoms with Crippen molar-refractivity contribution < 1.29 is 14.3 Å². The van der Waals surface area contributed by atoms with E-state index in [9.17, 15) is 14.4 Å². The first kappa shape index (κ1) is 20.4. The molecule has 1 aliphatic rings. The van der Waals surface area contributed by atoms with Gasteiger partial charge in [-0.25, -0.2) is 9.78 Å². The summed E-state index contributed by atoms with van der Waals surface area (Å²) in [6, 6.07) is 6.18. The minimum Gasteiger partial charge on any atom is -0.497 e. The van der Waals surface area contributed by atoms with Gasteiger partial charge in [0.1, 0.15) is 10.6 Å². The number of amides is 3. The molecule has 0 unspecified atom stereocenters. The molecule has 0 saturated heterocycles. The summed E-state index contributed by atoms with van der Waals surface area (Å²) >= 11 is 2.63. The van der Waals surface area contributed by atoms with Gasteiger partial charge >= 0.3 is 6.03 Å². The summed E-state index contributed by atoms with van der Waals surface area (Å²) in [6.45, 7) is 0. The summed E-state index contributed by atoms with van der Waals surface area (Å²) in [4.78, 5) is 43.0. The number of fused-ring (bicyclic) bond motifs is 3. The summed E-state index contributed by atoms with van der Waals surface area (Å²) in [5.41, 5.74) is 6.58. The molecule has 0 saturated carbocycles. The van der Waals surface area contributed by atoms with E-state index < -0.39 is 11.9 Å². The van der Waals surface area contributed by atoms with Gasteiger partial charge in [-0.1, -0.05) is 11.8 Å². The van der Waals surface area contributed by atoms with Crippen molar-refractivity contribution >= 4 is 45.3 Å². The van der Waals surface area contributed by atoms with Crippen molar-refractivity contribution in [2.24, 2.45) is 5.73 Å². The van der Waals surface area contributed by atoms with Crippen molar-refractivity contribution in [3.63, 3.8) is 0 Å². The number of methoxy groups -OCH3 is 1. The van der Waals surface area contributed by atoms with Crippen LogP contribution in [0.4, 0.5) is 4.79 Å². The van der Waals surface area contributed by atoms with E-state index in [0.29, 0.717) is 26.8 Å². The van der Waals surface area contributed by atoms with Crippen molar-refractivity contribution in [1.29, 1.82) is 0 Å². The summed E-state index contributed by atoms with van der Waals surface area (Å²) < 4.78 is 6.73. The first-order valence-electron chi connectivity index (χ1n) is 9.41. The largest absolute Gasteiger partial charge is 0.497 e. The van der Waals surface area contributed by atoms with Gasteiger partial charge in [-0.3, -0.25) is 19.5 Å². The standard InChI is InChI=1S/C20H20N4O4S2/c1-28-12-8-6-11(7-9-12)24-18(26)16-13-4-2-3-5-14(13)30-17(16)23-20(24)29-10-15(25)22-19(21)27/h6-9H,2-5,10H2,1H3,(H3,21,22,25,27). The molecule has 30 heavy (non-hydrogen) atoms. The third-order valence-electron chi connectivity index (χ3n) is 4.88. The zero-order chi connectivity index (χ0) is 21.3. The molecule has 1 aliphatic carbocycles. The van der Waals surface area contributed by atoms with E-state index >= 15 is 0 Å². The van der Waals surface area contributed by atoms with Crippen LogP contribution in [0.15, 0.2) is 34.2 Å².